The Morgan fingerprint density at radius 2 is 2.12 bits per heavy atom. The molecule has 0 saturated carbocycles. The van der Waals surface area contributed by atoms with Gasteiger partial charge in [0.05, 0.1) is 5.60 Å². The van der Waals surface area contributed by atoms with Crippen LogP contribution in [0.25, 0.3) is 11.0 Å². The lowest BCUT2D eigenvalue weighted by molar-refractivity contribution is -0.108. The Kier molecular flexibility index (Phi) is 4.32. The Hall–Kier alpha value is -2.19. The van der Waals surface area contributed by atoms with Gasteiger partial charge in [0.15, 0.2) is 0 Å². The number of benzene rings is 1. The van der Waals surface area contributed by atoms with Crippen LogP contribution in [0.4, 0.5) is 4.79 Å². The van der Waals surface area contributed by atoms with Gasteiger partial charge in [-0.05, 0) is 34.8 Å². The minimum absolute atomic E-state index is 0.0163. The fourth-order valence-corrected chi connectivity index (χ4v) is 4.20. The molecule has 2 fully saturated rings. The Morgan fingerprint density at radius 3 is 2.92 bits per heavy atom. The number of hydrogen-bond donors (Lipinski definition) is 1. The van der Waals surface area contributed by atoms with E-state index in [1.807, 2.05) is 23.1 Å². The molecule has 0 aliphatic carbocycles. The first-order valence-corrected chi connectivity index (χ1v) is 9.07. The minimum atomic E-state index is -0.666. The molecule has 140 valence electrons. The van der Waals surface area contributed by atoms with Crippen molar-refractivity contribution in [3.05, 3.63) is 23.8 Å². The summed E-state index contributed by atoms with van der Waals surface area (Å²) in [6, 6.07) is 5.90. The average molecular weight is 359 g/mol. The average Bonchev–Trinajstić information content (AvgIpc) is 3.10. The molecule has 8 nitrogen and oxygen atoms in total. The van der Waals surface area contributed by atoms with Crippen molar-refractivity contribution < 1.29 is 14.5 Å². The summed E-state index contributed by atoms with van der Waals surface area (Å²) in [5.74, 6) is 0.0588. The van der Waals surface area contributed by atoms with Gasteiger partial charge in [0.2, 0.25) is 0 Å². The molecule has 2 aromatic rings. The third-order valence-corrected chi connectivity index (χ3v) is 5.77. The third-order valence-electron chi connectivity index (χ3n) is 5.77. The van der Waals surface area contributed by atoms with E-state index in [1.165, 1.54) is 0 Å². The minimum Gasteiger partial charge on any atom is -0.389 e. The highest BCUT2D eigenvalue weighted by atomic mass is 16.6. The topological polar surface area (TPSA) is 85.9 Å². The second kappa shape index (κ2) is 6.51. The van der Waals surface area contributed by atoms with Crippen molar-refractivity contribution in [2.75, 3.05) is 40.3 Å². The Balaban J connectivity index is 1.48. The van der Waals surface area contributed by atoms with Gasteiger partial charge in [-0.2, -0.15) is 0 Å². The van der Waals surface area contributed by atoms with E-state index in [2.05, 4.69) is 15.2 Å². The lowest BCUT2D eigenvalue weighted by atomic mass is 9.75. The van der Waals surface area contributed by atoms with Crippen molar-refractivity contribution in [2.45, 2.75) is 25.0 Å². The normalized spacial score (nSPS) is 26.7. The molecule has 2 atom stereocenters. The predicted octanol–water partition coefficient (Wildman–Crippen LogP) is 1.16. The van der Waals surface area contributed by atoms with Crippen molar-refractivity contribution in [1.29, 1.82) is 0 Å². The molecule has 2 aliphatic heterocycles. The number of rotatable bonds is 2. The molecule has 1 aromatic carbocycles. The van der Waals surface area contributed by atoms with E-state index in [0.717, 1.165) is 42.7 Å². The molecule has 4 rings (SSSR count). The van der Waals surface area contributed by atoms with Gasteiger partial charge in [-0.3, -0.25) is 4.90 Å². The van der Waals surface area contributed by atoms with E-state index < -0.39 is 5.60 Å². The number of fused-ring (bicyclic) bond motifs is 2. The number of nitrogens with zero attached hydrogens (tertiary/aromatic N) is 5. The molecule has 26 heavy (non-hydrogen) atoms. The number of hydrogen-bond acceptors (Lipinski definition) is 6. The van der Waals surface area contributed by atoms with Gasteiger partial charge in [-0.15, -0.1) is 0 Å². The summed E-state index contributed by atoms with van der Waals surface area (Å²) in [7, 11) is 3.53. The van der Waals surface area contributed by atoms with E-state index in [9.17, 15) is 9.90 Å². The number of aromatic nitrogens is 2. The van der Waals surface area contributed by atoms with Gasteiger partial charge in [0.25, 0.3) is 0 Å². The van der Waals surface area contributed by atoms with Gasteiger partial charge in [-0.25, -0.2) is 9.42 Å². The van der Waals surface area contributed by atoms with Gasteiger partial charge in [-0.1, -0.05) is 12.1 Å². The van der Waals surface area contributed by atoms with Gasteiger partial charge < -0.3 is 14.9 Å². The lowest BCUT2D eigenvalue weighted by Gasteiger charge is -2.50. The zero-order valence-corrected chi connectivity index (χ0v) is 15.3. The third kappa shape index (κ3) is 3.03. The van der Waals surface area contributed by atoms with Crippen molar-refractivity contribution >= 4 is 17.1 Å². The van der Waals surface area contributed by atoms with Gasteiger partial charge in [0, 0.05) is 52.7 Å². The van der Waals surface area contributed by atoms with Crippen molar-refractivity contribution in [1.82, 2.24) is 25.0 Å². The summed E-state index contributed by atoms with van der Waals surface area (Å²) in [5.41, 5.74) is 1.96. The molecule has 3 heterocycles. The van der Waals surface area contributed by atoms with Crippen LogP contribution >= 0.6 is 0 Å². The summed E-state index contributed by atoms with van der Waals surface area (Å²) in [6.45, 7) is 3.54. The Morgan fingerprint density at radius 1 is 1.31 bits per heavy atom. The maximum atomic E-state index is 12.3. The summed E-state index contributed by atoms with van der Waals surface area (Å²) >= 11 is 0. The molecule has 2 amide bonds. The van der Waals surface area contributed by atoms with Gasteiger partial charge in [0.1, 0.15) is 11.0 Å². The van der Waals surface area contributed by atoms with Crippen LogP contribution in [0.5, 0.6) is 0 Å². The largest absolute Gasteiger partial charge is 0.389 e. The zero-order chi connectivity index (χ0) is 18.3. The Labute approximate surface area is 152 Å². The van der Waals surface area contributed by atoms with Crippen LogP contribution in [0.15, 0.2) is 22.8 Å². The Bertz CT molecular complexity index is 807. The molecule has 0 unspecified atom stereocenters. The molecule has 0 radical (unpaired) electrons. The standard InChI is InChI=1S/C18H25N5O3/c1-21(2)17(24)23-9-7-18(25)6-8-22(11-14(18)12-23)10-13-4-3-5-15-16(13)20-26-19-15/h3-5,14,25H,6-12H2,1-2H3/t14-,18-/m1/s1. The molecule has 0 bridgehead atoms. The first-order chi connectivity index (χ1) is 12.5. The van der Waals surface area contributed by atoms with Crippen LogP contribution in [0.3, 0.4) is 0 Å². The van der Waals surface area contributed by atoms with Crippen LogP contribution in [-0.4, -0.2) is 82.0 Å². The molecule has 8 heteroatoms. The number of likely N-dealkylation sites (tertiary alicyclic amines) is 2. The number of amides is 2. The molecular weight excluding hydrogens is 334 g/mol. The van der Waals surface area contributed by atoms with Crippen LogP contribution in [-0.2, 0) is 6.54 Å². The molecular formula is C18H25N5O3. The van der Waals surface area contributed by atoms with E-state index in [1.54, 1.807) is 19.0 Å². The first kappa shape index (κ1) is 17.2. The highest BCUT2D eigenvalue weighted by Crippen LogP contribution is 2.36. The summed E-state index contributed by atoms with van der Waals surface area (Å²) in [5, 5.41) is 19.0. The summed E-state index contributed by atoms with van der Waals surface area (Å²) in [6.07, 6.45) is 1.38. The van der Waals surface area contributed by atoms with Crippen LogP contribution in [0, 0.1) is 5.92 Å². The van der Waals surface area contributed by atoms with Crippen molar-refractivity contribution in [2.24, 2.45) is 5.92 Å². The summed E-state index contributed by atoms with van der Waals surface area (Å²) < 4.78 is 4.85. The van der Waals surface area contributed by atoms with Crippen LogP contribution in [0.1, 0.15) is 18.4 Å². The fourth-order valence-electron chi connectivity index (χ4n) is 4.20. The number of carbonyl (C=O) groups is 1. The number of piperidine rings is 2. The molecule has 2 saturated heterocycles. The number of urea groups is 1. The zero-order valence-electron chi connectivity index (χ0n) is 15.3. The SMILES string of the molecule is CN(C)C(=O)N1CC[C@]2(O)CCN(Cc3cccc4nonc34)C[C@@H]2C1. The highest BCUT2D eigenvalue weighted by Gasteiger charge is 2.46. The molecule has 1 N–H and O–H groups in total. The maximum Gasteiger partial charge on any atom is 0.319 e. The smallest absolute Gasteiger partial charge is 0.319 e. The van der Waals surface area contributed by atoms with Crippen molar-refractivity contribution in [3.8, 4) is 0 Å². The van der Waals surface area contributed by atoms with E-state index in [-0.39, 0.29) is 11.9 Å². The monoisotopic (exact) mass is 359 g/mol. The van der Waals surface area contributed by atoms with Crippen molar-refractivity contribution in [3.63, 3.8) is 0 Å². The lowest BCUT2D eigenvalue weighted by Crippen LogP contribution is -2.61. The van der Waals surface area contributed by atoms with E-state index in [4.69, 9.17) is 4.63 Å². The molecule has 0 spiro atoms. The number of carbonyl (C=O) groups excluding carboxylic acids is 1. The molecule has 1 aromatic heterocycles. The second-order valence-electron chi connectivity index (χ2n) is 7.71. The predicted molar refractivity (Wildman–Crippen MR) is 95.4 cm³/mol. The van der Waals surface area contributed by atoms with Crippen LogP contribution in [0.2, 0.25) is 0 Å². The first-order valence-electron chi connectivity index (χ1n) is 9.07. The quantitative estimate of drug-likeness (QED) is 0.866. The van der Waals surface area contributed by atoms with E-state index in [0.29, 0.717) is 19.5 Å². The van der Waals surface area contributed by atoms with E-state index >= 15 is 0 Å². The van der Waals surface area contributed by atoms with Crippen LogP contribution < -0.4 is 0 Å². The molecule has 2 aliphatic rings. The summed E-state index contributed by atoms with van der Waals surface area (Å²) in [4.78, 5) is 18.1. The van der Waals surface area contributed by atoms with Gasteiger partial charge >= 0.3 is 6.03 Å². The number of aliphatic hydroxyl groups is 1. The second-order valence-corrected chi connectivity index (χ2v) is 7.71. The fraction of sp³-hybridized carbons (Fsp3) is 0.611. The highest BCUT2D eigenvalue weighted by molar-refractivity contribution is 5.76. The maximum absolute atomic E-state index is 12.3.